The summed E-state index contributed by atoms with van der Waals surface area (Å²) in [5.41, 5.74) is 9.42. The monoisotopic (exact) mass is 410 g/mol. The van der Waals surface area contributed by atoms with Gasteiger partial charge in [0, 0.05) is 12.5 Å². The van der Waals surface area contributed by atoms with Crippen LogP contribution in [0, 0.1) is 0 Å². The molecule has 0 aliphatic carbocycles. The molecule has 1 amide bonds. The molecule has 6 nitrogen and oxygen atoms in total. The second-order valence-electron chi connectivity index (χ2n) is 5.73. The van der Waals surface area contributed by atoms with E-state index in [-0.39, 0.29) is 12.4 Å². The summed E-state index contributed by atoms with van der Waals surface area (Å²) < 4.78 is 13.4. The molecule has 7 heteroatoms. The molecule has 3 aromatic rings. The molecule has 0 heterocycles. The Bertz CT molecular complexity index is 931. The molecular formula is C22H22N2O4S. The molecule has 0 unspecified atom stereocenters. The summed E-state index contributed by atoms with van der Waals surface area (Å²) in [6.07, 6.45) is 0.250. The van der Waals surface area contributed by atoms with Crippen molar-refractivity contribution in [2.45, 2.75) is 6.92 Å². The van der Waals surface area contributed by atoms with Crippen LogP contribution in [0.15, 0.2) is 72.8 Å². The average molecular weight is 410 g/mol. The molecule has 0 radical (unpaired) electrons. The summed E-state index contributed by atoms with van der Waals surface area (Å²) in [5, 5.41) is 0. The van der Waals surface area contributed by atoms with Crippen molar-refractivity contribution >= 4 is 30.3 Å². The van der Waals surface area contributed by atoms with Gasteiger partial charge in [-0.05, 0) is 41.0 Å². The normalized spacial score (nSPS) is 9.72. The first-order valence-electron chi connectivity index (χ1n) is 8.68. The van der Waals surface area contributed by atoms with Crippen molar-refractivity contribution in [2.75, 3.05) is 11.8 Å². The van der Waals surface area contributed by atoms with Crippen LogP contribution in [0.4, 0.5) is 5.69 Å². The number of primary amides is 1. The predicted octanol–water partition coefficient (Wildman–Crippen LogP) is 4.67. The minimum Gasteiger partial charge on any atom is -0.427 e. The number of nitrogens with one attached hydrogen (secondary N) is 1. The number of carbonyl (C=O) groups excluding carboxylic acids is 2. The molecule has 3 rings (SSSR count). The molecule has 3 aromatic carbocycles. The van der Waals surface area contributed by atoms with Crippen LogP contribution in [0.3, 0.4) is 0 Å². The van der Waals surface area contributed by atoms with Gasteiger partial charge in [-0.25, -0.2) is 0 Å². The SMILES string of the molecule is COSNc1ccc(-c2ccccc2)cc1-c1ccc(OC(C)=O)cc1.NC=O. The van der Waals surface area contributed by atoms with E-state index in [0.717, 1.165) is 40.2 Å². The summed E-state index contributed by atoms with van der Waals surface area (Å²) in [4.78, 5) is 19.7. The van der Waals surface area contributed by atoms with E-state index < -0.39 is 0 Å². The highest BCUT2D eigenvalue weighted by Crippen LogP contribution is 2.35. The van der Waals surface area contributed by atoms with E-state index in [1.165, 1.54) is 6.92 Å². The fourth-order valence-corrected chi connectivity index (χ4v) is 2.99. The van der Waals surface area contributed by atoms with Crippen molar-refractivity contribution in [3.05, 3.63) is 72.8 Å². The van der Waals surface area contributed by atoms with Crippen molar-refractivity contribution < 1.29 is 18.5 Å². The van der Waals surface area contributed by atoms with Crippen molar-refractivity contribution in [3.8, 4) is 28.0 Å². The molecule has 0 fully saturated rings. The average Bonchev–Trinajstić information content (AvgIpc) is 2.73. The van der Waals surface area contributed by atoms with E-state index >= 15 is 0 Å². The van der Waals surface area contributed by atoms with Gasteiger partial charge < -0.3 is 19.4 Å². The quantitative estimate of drug-likeness (QED) is 0.202. The summed E-state index contributed by atoms with van der Waals surface area (Å²) in [6.45, 7) is 1.39. The van der Waals surface area contributed by atoms with Crippen LogP contribution in [0.1, 0.15) is 6.92 Å². The van der Waals surface area contributed by atoms with Crippen LogP contribution < -0.4 is 15.2 Å². The summed E-state index contributed by atoms with van der Waals surface area (Å²) in [7, 11) is 1.61. The first kappa shape index (κ1) is 22.0. The smallest absolute Gasteiger partial charge is 0.308 e. The Morgan fingerprint density at radius 2 is 1.59 bits per heavy atom. The van der Waals surface area contributed by atoms with Gasteiger partial charge in [0.05, 0.1) is 12.8 Å². The molecule has 0 aliphatic rings. The second kappa shape index (κ2) is 11.5. The third-order valence-corrected chi connectivity index (χ3v) is 4.26. The second-order valence-corrected chi connectivity index (χ2v) is 6.44. The molecule has 150 valence electrons. The Hall–Kier alpha value is -3.29. The zero-order valence-corrected chi connectivity index (χ0v) is 16.9. The number of hydrogen-bond donors (Lipinski definition) is 2. The predicted molar refractivity (Wildman–Crippen MR) is 117 cm³/mol. The number of anilines is 1. The lowest BCUT2D eigenvalue weighted by Crippen LogP contribution is -2.00. The number of hydrogen-bond acceptors (Lipinski definition) is 6. The van der Waals surface area contributed by atoms with E-state index in [4.69, 9.17) is 13.7 Å². The van der Waals surface area contributed by atoms with Crippen LogP contribution in [-0.4, -0.2) is 19.5 Å². The molecule has 3 N–H and O–H groups in total. The lowest BCUT2D eigenvalue weighted by Gasteiger charge is -2.13. The van der Waals surface area contributed by atoms with E-state index in [1.807, 2.05) is 36.4 Å². The van der Waals surface area contributed by atoms with Gasteiger partial charge in [-0.2, -0.15) is 0 Å². The number of ether oxygens (including phenoxy) is 1. The van der Waals surface area contributed by atoms with Crippen LogP contribution >= 0.6 is 12.2 Å². The minimum absolute atomic E-state index is 0.250. The summed E-state index contributed by atoms with van der Waals surface area (Å²) in [5.74, 6) is 0.198. The number of carbonyl (C=O) groups is 2. The zero-order valence-electron chi connectivity index (χ0n) is 16.1. The first-order chi connectivity index (χ1) is 14.1. The lowest BCUT2D eigenvalue weighted by atomic mass is 9.97. The third kappa shape index (κ3) is 6.67. The number of esters is 1. The van der Waals surface area contributed by atoms with Gasteiger partial charge in [0.15, 0.2) is 0 Å². The molecule has 0 bridgehead atoms. The Balaban J connectivity index is 0.000000941. The lowest BCUT2D eigenvalue weighted by molar-refractivity contribution is -0.131. The van der Waals surface area contributed by atoms with Gasteiger partial charge >= 0.3 is 5.97 Å². The Morgan fingerprint density at radius 3 is 2.17 bits per heavy atom. The molecular weight excluding hydrogens is 388 g/mol. The number of benzene rings is 3. The van der Waals surface area contributed by atoms with Crippen LogP contribution in [0.2, 0.25) is 0 Å². The Labute approximate surface area is 174 Å². The van der Waals surface area contributed by atoms with Gasteiger partial charge in [-0.15, -0.1) is 0 Å². The van der Waals surface area contributed by atoms with E-state index in [9.17, 15) is 4.79 Å². The molecule has 0 aromatic heterocycles. The highest BCUT2D eigenvalue weighted by Gasteiger charge is 2.09. The highest BCUT2D eigenvalue weighted by atomic mass is 32.2. The van der Waals surface area contributed by atoms with Crippen LogP contribution in [0.5, 0.6) is 5.75 Å². The topological polar surface area (TPSA) is 90.7 Å². The summed E-state index contributed by atoms with van der Waals surface area (Å²) >= 11 is 1.16. The van der Waals surface area contributed by atoms with E-state index in [1.54, 1.807) is 19.2 Å². The maximum absolute atomic E-state index is 11.1. The van der Waals surface area contributed by atoms with Gasteiger partial charge in [0.2, 0.25) is 6.41 Å². The van der Waals surface area contributed by atoms with E-state index in [0.29, 0.717) is 5.75 Å². The van der Waals surface area contributed by atoms with Crippen LogP contribution in [-0.2, 0) is 13.8 Å². The van der Waals surface area contributed by atoms with E-state index in [2.05, 4.69) is 34.7 Å². The van der Waals surface area contributed by atoms with Crippen molar-refractivity contribution in [3.63, 3.8) is 0 Å². The number of amides is 1. The fourth-order valence-electron chi connectivity index (χ4n) is 2.64. The maximum atomic E-state index is 11.1. The van der Waals surface area contributed by atoms with Gasteiger partial charge in [-0.1, -0.05) is 48.5 Å². The standard InChI is InChI=1S/C21H19NO3S.CH3NO/c1-15(23)25-19-11-8-17(9-12-19)20-14-18(16-6-4-3-5-7-16)10-13-21(20)22-26-24-2;2-1-3/h3-14,22H,1-2H3;1H,(H2,2,3). The van der Waals surface area contributed by atoms with Gasteiger partial charge in [-0.3, -0.25) is 9.59 Å². The van der Waals surface area contributed by atoms with Crippen LogP contribution in [0.25, 0.3) is 22.3 Å². The summed E-state index contributed by atoms with van der Waals surface area (Å²) in [6, 6.07) is 23.9. The third-order valence-electron chi connectivity index (χ3n) is 3.79. The number of nitrogens with two attached hydrogens (primary N) is 1. The molecule has 0 spiro atoms. The van der Waals surface area contributed by atoms with Gasteiger partial charge in [0.1, 0.15) is 18.0 Å². The first-order valence-corrected chi connectivity index (χ1v) is 9.42. The maximum Gasteiger partial charge on any atom is 0.308 e. The molecule has 0 aliphatic heterocycles. The van der Waals surface area contributed by atoms with Crippen molar-refractivity contribution in [2.24, 2.45) is 5.73 Å². The molecule has 0 saturated heterocycles. The minimum atomic E-state index is -0.331. The van der Waals surface area contributed by atoms with Crippen molar-refractivity contribution in [1.82, 2.24) is 0 Å². The van der Waals surface area contributed by atoms with Gasteiger partial charge in [0.25, 0.3) is 0 Å². The fraction of sp³-hybridized carbons (Fsp3) is 0.0909. The van der Waals surface area contributed by atoms with Crippen molar-refractivity contribution in [1.29, 1.82) is 0 Å². The number of rotatable bonds is 6. The molecule has 29 heavy (non-hydrogen) atoms. The Morgan fingerprint density at radius 1 is 0.966 bits per heavy atom. The Kier molecular flexibility index (Phi) is 8.75. The molecule has 0 atom stereocenters. The molecule has 0 saturated carbocycles. The highest BCUT2D eigenvalue weighted by molar-refractivity contribution is 7.96. The largest absolute Gasteiger partial charge is 0.427 e. The zero-order chi connectivity index (χ0) is 21.1.